The first-order valence-corrected chi connectivity index (χ1v) is 8.20. The predicted molar refractivity (Wildman–Crippen MR) is 70.2 cm³/mol. The quantitative estimate of drug-likeness (QED) is 0.434. The molecule has 1 rings (SSSR count). The van der Waals surface area contributed by atoms with Crippen LogP contribution in [0.4, 0.5) is 17.6 Å². The Morgan fingerprint density at radius 2 is 1.90 bits per heavy atom. The summed E-state index contributed by atoms with van der Waals surface area (Å²) >= 11 is 0.544. The van der Waals surface area contributed by atoms with Gasteiger partial charge >= 0.3 is 20.2 Å². The summed E-state index contributed by atoms with van der Waals surface area (Å²) in [4.78, 5) is 9.53. The lowest BCUT2D eigenvalue weighted by Crippen LogP contribution is -2.29. The van der Waals surface area contributed by atoms with E-state index in [0.717, 1.165) is 0 Å². The van der Waals surface area contributed by atoms with Crippen molar-refractivity contribution in [2.75, 3.05) is 12.4 Å². The summed E-state index contributed by atoms with van der Waals surface area (Å²) in [5.41, 5.74) is 0. The normalized spacial score (nSPS) is 15.0. The average molecular weight is 348 g/mol. The SMILES string of the molecule is CCOP(=O)(O)Oc1ccc(SCC(F)(F)C(F)F)cc1. The molecule has 0 fully saturated rings. The van der Waals surface area contributed by atoms with Gasteiger partial charge < -0.3 is 4.52 Å². The molecule has 1 aromatic rings. The van der Waals surface area contributed by atoms with Gasteiger partial charge in [0.05, 0.1) is 12.4 Å². The molecule has 4 nitrogen and oxygen atoms in total. The topological polar surface area (TPSA) is 55.8 Å². The number of thioether (sulfide) groups is 1. The minimum absolute atomic E-state index is 0.000692. The van der Waals surface area contributed by atoms with Crippen LogP contribution >= 0.6 is 19.6 Å². The molecule has 1 atom stereocenters. The van der Waals surface area contributed by atoms with Gasteiger partial charge in [0.1, 0.15) is 5.75 Å². The van der Waals surface area contributed by atoms with Crippen molar-refractivity contribution in [1.82, 2.24) is 0 Å². The standard InChI is InChI=1S/C11H13F4O4PS/c1-2-18-20(16,17)19-8-3-5-9(6-4-8)21-7-11(14,15)10(12)13/h3-6,10H,2,7H2,1H3,(H,16,17). The molecule has 1 N–H and O–H groups in total. The van der Waals surface area contributed by atoms with Crippen LogP contribution in [0.2, 0.25) is 0 Å². The van der Waals surface area contributed by atoms with Gasteiger partial charge in [0.25, 0.3) is 0 Å². The number of halogens is 4. The van der Waals surface area contributed by atoms with Crippen LogP contribution in [0.5, 0.6) is 5.75 Å². The fourth-order valence-electron chi connectivity index (χ4n) is 1.16. The fourth-order valence-corrected chi connectivity index (χ4v) is 2.74. The highest BCUT2D eigenvalue weighted by Crippen LogP contribution is 2.43. The van der Waals surface area contributed by atoms with Gasteiger partial charge in [-0.25, -0.2) is 13.3 Å². The van der Waals surface area contributed by atoms with Gasteiger partial charge in [-0.3, -0.25) is 9.42 Å². The van der Waals surface area contributed by atoms with Crippen molar-refractivity contribution >= 4 is 19.6 Å². The van der Waals surface area contributed by atoms with E-state index in [2.05, 4.69) is 4.52 Å². The van der Waals surface area contributed by atoms with Crippen molar-refractivity contribution < 1.29 is 36.1 Å². The van der Waals surface area contributed by atoms with Crippen LogP contribution in [0.15, 0.2) is 29.2 Å². The molecule has 0 radical (unpaired) electrons. The predicted octanol–water partition coefficient (Wildman–Crippen LogP) is 4.19. The van der Waals surface area contributed by atoms with Gasteiger partial charge in [-0.05, 0) is 31.2 Å². The van der Waals surface area contributed by atoms with Crippen LogP contribution in [0.25, 0.3) is 0 Å². The summed E-state index contributed by atoms with van der Waals surface area (Å²) in [6.07, 6.45) is -3.72. The van der Waals surface area contributed by atoms with E-state index in [4.69, 9.17) is 4.52 Å². The van der Waals surface area contributed by atoms with Crippen LogP contribution in [0.3, 0.4) is 0 Å². The molecule has 0 saturated heterocycles. The van der Waals surface area contributed by atoms with E-state index in [1.54, 1.807) is 0 Å². The Morgan fingerprint density at radius 1 is 1.33 bits per heavy atom. The Kier molecular flexibility index (Phi) is 6.52. The van der Waals surface area contributed by atoms with E-state index in [0.29, 0.717) is 16.7 Å². The molecule has 120 valence electrons. The largest absolute Gasteiger partial charge is 0.527 e. The lowest BCUT2D eigenvalue weighted by Gasteiger charge is -2.15. The Labute approximate surface area is 123 Å². The monoisotopic (exact) mass is 348 g/mol. The minimum Gasteiger partial charge on any atom is -0.404 e. The lowest BCUT2D eigenvalue weighted by molar-refractivity contribution is -0.109. The van der Waals surface area contributed by atoms with Crippen LogP contribution in [-0.2, 0) is 9.09 Å². The van der Waals surface area contributed by atoms with E-state index in [1.165, 1.54) is 31.2 Å². The molecule has 1 unspecified atom stereocenters. The summed E-state index contributed by atoms with van der Waals surface area (Å²) in [6, 6.07) is 5.14. The highest BCUT2D eigenvalue weighted by Gasteiger charge is 2.40. The highest BCUT2D eigenvalue weighted by molar-refractivity contribution is 7.99. The van der Waals surface area contributed by atoms with Crippen LogP contribution in [0, 0.1) is 0 Å². The Morgan fingerprint density at radius 3 is 2.38 bits per heavy atom. The van der Waals surface area contributed by atoms with Crippen molar-refractivity contribution in [3.8, 4) is 5.75 Å². The van der Waals surface area contributed by atoms with Crippen molar-refractivity contribution in [2.45, 2.75) is 24.2 Å². The maximum Gasteiger partial charge on any atom is 0.527 e. The zero-order chi connectivity index (χ0) is 16.1. The number of benzene rings is 1. The van der Waals surface area contributed by atoms with Crippen molar-refractivity contribution in [3.05, 3.63) is 24.3 Å². The smallest absolute Gasteiger partial charge is 0.404 e. The van der Waals surface area contributed by atoms with Crippen LogP contribution in [-0.4, -0.2) is 29.6 Å². The molecule has 10 heteroatoms. The number of hydrogen-bond acceptors (Lipinski definition) is 4. The molecule has 0 aliphatic heterocycles. The summed E-state index contributed by atoms with van der Waals surface area (Å²) in [5.74, 6) is -5.14. The Hall–Kier alpha value is -0.760. The molecule has 1 aromatic carbocycles. The molecule has 0 aliphatic rings. The van der Waals surface area contributed by atoms with E-state index in [9.17, 15) is 27.0 Å². The third-order valence-corrected chi connectivity index (χ3v) is 4.25. The molecule has 21 heavy (non-hydrogen) atoms. The van der Waals surface area contributed by atoms with Gasteiger partial charge in [-0.1, -0.05) is 0 Å². The maximum absolute atomic E-state index is 12.7. The number of alkyl halides is 4. The summed E-state index contributed by atoms with van der Waals surface area (Å²) in [6.45, 7) is 1.49. The van der Waals surface area contributed by atoms with Crippen LogP contribution in [0.1, 0.15) is 6.92 Å². The van der Waals surface area contributed by atoms with Gasteiger partial charge in [-0.15, -0.1) is 11.8 Å². The highest BCUT2D eigenvalue weighted by atomic mass is 32.2. The van der Waals surface area contributed by atoms with E-state index < -0.39 is 25.9 Å². The fraction of sp³-hybridized carbons (Fsp3) is 0.455. The van der Waals surface area contributed by atoms with Gasteiger partial charge in [0.15, 0.2) is 0 Å². The maximum atomic E-state index is 12.7. The molecule has 0 amide bonds. The Bertz CT molecular complexity index is 498. The number of phosphoric ester groups is 1. The molecule has 0 heterocycles. The van der Waals surface area contributed by atoms with Gasteiger partial charge in [0.2, 0.25) is 0 Å². The number of rotatable bonds is 8. The van der Waals surface area contributed by atoms with Gasteiger partial charge in [0, 0.05) is 4.90 Å². The summed E-state index contributed by atoms with van der Waals surface area (Å²) in [5, 5.41) is 0. The zero-order valence-corrected chi connectivity index (χ0v) is 12.6. The molecule has 0 aliphatic carbocycles. The van der Waals surface area contributed by atoms with Crippen molar-refractivity contribution in [2.24, 2.45) is 0 Å². The average Bonchev–Trinajstić information content (AvgIpc) is 2.37. The molecule has 0 bridgehead atoms. The zero-order valence-electron chi connectivity index (χ0n) is 10.8. The third-order valence-electron chi connectivity index (χ3n) is 2.09. The van der Waals surface area contributed by atoms with Crippen molar-refractivity contribution in [1.29, 1.82) is 0 Å². The first kappa shape index (κ1) is 18.3. The minimum atomic E-state index is -4.21. The second-order valence-corrected chi connectivity index (χ2v) is 6.23. The van der Waals surface area contributed by atoms with Gasteiger partial charge in [-0.2, -0.15) is 8.78 Å². The Balaban J connectivity index is 2.61. The second kappa shape index (κ2) is 7.49. The van der Waals surface area contributed by atoms with E-state index >= 15 is 0 Å². The van der Waals surface area contributed by atoms with Crippen molar-refractivity contribution in [3.63, 3.8) is 0 Å². The first-order chi connectivity index (χ1) is 9.66. The molecule has 0 saturated carbocycles. The van der Waals surface area contributed by atoms with E-state index in [-0.39, 0.29) is 12.4 Å². The number of hydrogen-bond donors (Lipinski definition) is 1. The first-order valence-electron chi connectivity index (χ1n) is 5.72. The summed E-state index contributed by atoms with van der Waals surface area (Å²) < 4.78 is 69.9. The molecular weight excluding hydrogens is 335 g/mol. The third kappa shape index (κ3) is 6.25. The number of phosphoric acid groups is 1. The molecular formula is C11H13F4O4PS. The lowest BCUT2D eigenvalue weighted by atomic mass is 10.3. The summed E-state index contributed by atoms with van der Waals surface area (Å²) in [7, 11) is -4.21. The molecule has 0 spiro atoms. The van der Waals surface area contributed by atoms with E-state index in [1.807, 2.05) is 0 Å². The molecule has 0 aromatic heterocycles. The second-order valence-electron chi connectivity index (χ2n) is 3.80. The van der Waals surface area contributed by atoms with Crippen LogP contribution < -0.4 is 4.52 Å².